The Kier molecular flexibility index (Phi) is 12.9. The molecule has 0 bridgehead atoms. The van der Waals surface area contributed by atoms with E-state index in [2.05, 4.69) is 28.6 Å². The molecule has 1 atom stereocenters. The Morgan fingerprint density at radius 2 is 2.00 bits per heavy atom. The van der Waals surface area contributed by atoms with Gasteiger partial charge in [-0.05, 0) is 64.1 Å². The van der Waals surface area contributed by atoms with Crippen LogP contribution in [0.1, 0.15) is 51.3 Å². The van der Waals surface area contributed by atoms with Gasteiger partial charge in [-0.15, -0.1) is 0 Å². The molecule has 8 heteroatoms. The van der Waals surface area contributed by atoms with Gasteiger partial charge in [-0.1, -0.05) is 24.6 Å². The van der Waals surface area contributed by atoms with Gasteiger partial charge in [-0.2, -0.15) is 0 Å². The summed E-state index contributed by atoms with van der Waals surface area (Å²) in [5, 5.41) is 15.5. The van der Waals surface area contributed by atoms with Crippen LogP contribution in [-0.4, -0.2) is 66.7 Å². The number of hydrogen-bond donors (Lipinski definition) is 3. The molecule has 0 saturated carbocycles. The number of carboxylic acid groups (broad SMARTS) is 1. The lowest BCUT2D eigenvalue weighted by Gasteiger charge is -2.24. The molecular formula is C23H38F2N4O2. The van der Waals surface area contributed by atoms with Crippen LogP contribution < -0.4 is 10.6 Å². The molecule has 0 saturated heterocycles. The molecule has 3 N–H and O–H groups in total. The first-order valence-electron chi connectivity index (χ1n) is 11.0. The van der Waals surface area contributed by atoms with Gasteiger partial charge < -0.3 is 15.7 Å². The highest BCUT2D eigenvalue weighted by atomic mass is 19.3. The Bertz CT molecular complexity index is 694. The molecule has 1 heterocycles. The normalized spacial score (nSPS) is 12.3. The molecule has 1 aromatic rings. The van der Waals surface area contributed by atoms with Gasteiger partial charge in [0.05, 0.1) is 6.54 Å². The molecule has 1 aromatic heterocycles. The molecule has 0 radical (unpaired) electrons. The smallest absolute Gasteiger partial charge is 0.320 e. The van der Waals surface area contributed by atoms with Crippen LogP contribution in [0.5, 0.6) is 0 Å². The molecule has 0 aromatic carbocycles. The van der Waals surface area contributed by atoms with Crippen molar-refractivity contribution in [1.82, 2.24) is 15.2 Å². The minimum atomic E-state index is -2.44. The largest absolute Gasteiger partial charge is 0.480 e. The first-order chi connectivity index (χ1) is 14.8. The number of alkyl halides is 2. The number of rotatable bonds is 16. The highest BCUT2D eigenvalue weighted by Crippen LogP contribution is 2.15. The summed E-state index contributed by atoms with van der Waals surface area (Å²) in [6.07, 6.45) is 3.03. The highest BCUT2D eigenvalue weighted by Gasteiger charge is 2.19. The van der Waals surface area contributed by atoms with Crippen LogP contribution in [0, 0.1) is 0 Å². The molecule has 0 aliphatic carbocycles. The molecule has 0 aliphatic heterocycles. The number of nitrogens with one attached hydrogen (secondary N) is 2. The number of aromatic nitrogens is 1. The lowest BCUT2D eigenvalue weighted by Crippen LogP contribution is -2.41. The van der Waals surface area contributed by atoms with E-state index in [0.717, 1.165) is 42.8 Å². The van der Waals surface area contributed by atoms with Crippen LogP contribution in [0.4, 0.5) is 14.6 Å². The number of aryl methyl sites for hydroxylation is 2. The fourth-order valence-electron chi connectivity index (χ4n) is 3.33. The van der Waals surface area contributed by atoms with Gasteiger partial charge in [-0.3, -0.25) is 9.69 Å². The molecule has 1 rings (SSSR count). The molecule has 176 valence electrons. The van der Waals surface area contributed by atoms with E-state index in [1.807, 2.05) is 33.0 Å². The Labute approximate surface area is 185 Å². The number of unbranched alkanes of at least 4 members (excludes halogenated alkanes) is 1. The zero-order valence-electron chi connectivity index (χ0n) is 19.3. The van der Waals surface area contributed by atoms with Crippen LogP contribution >= 0.6 is 0 Å². The first-order valence-corrected chi connectivity index (χ1v) is 11.0. The zero-order chi connectivity index (χ0) is 23.2. The summed E-state index contributed by atoms with van der Waals surface area (Å²) in [7, 11) is 1.85. The average molecular weight is 441 g/mol. The summed E-state index contributed by atoms with van der Waals surface area (Å²) in [6, 6.07) is 3.34. The summed E-state index contributed by atoms with van der Waals surface area (Å²) in [6.45, 7) is 6.90. The van der Waals surface area contributed by atoms with Crippen LogP contribution in [0.3, 0.4) is 0 Å². The van der Waals surface area contributed by atoms with Gasteiger partial charge in [0.25, 0.3) is 6.43 Å². The number of halogens is 2. The van der Waals surface area contributed by atoms with Gasteiger partial charge >= 0.3 is 5.97 Å². The van der Waals surface area contributed by atoms with Crippen molar-refractivity contribution in [2.24, 2.45) is 0 Å². The van der Waals surface area contributed by atoms with Crippen molar-refractivity contribution < 1.29 is 18.7 Å². The van der Waals surface area contributed by atoms with Gasteiger partial charge in [0.1, 0.15) is 11.9 Å². The number of carboxylic acids is 1. The predicted octanol–water partition coefficient (Wildman–Crippen LogP) is 3.97. The molecule has 1 unspecified atom stereocenters. The van der Waals surface area contributed by atoms with Crippen molar-refractivity contribution >= 4 is 11.8 Å². The fraction of sp³-hybridized carbons (Fsp3) is 0.652. The monoisotopic (exact) mass is 440 g/mol. The molecule has 0 aliphatic rings. The van der Waals surface area contributed by atoms with Crippen LogP contribution in [0.2, 0.25) is 0 Å². The maximum Gasteiger partial charge on any atom is 0.320 e. The first kappa shape index (κ1) is 27.0. The number of anilines is 1. The van der Waals surface area contributed by atoms with E-state index >= 15 is 0 Å². The molecule has 0 spiro atoms. The number of pyridine rings is 1. The van der Waals surface area contributed by atoms with Crippen molar-refractivity contribution in [1.29, 1.82) is 0 Å². The standard InChI is InChI=1S/C23H38F2N4O2/c1-5-18-9-10-19(28-22(18)26-4)8-6-7-14-29(16-21(24)25)15-12-20(23(30)31)27-13-11-17(2)3/h9-11,20-21,27H,5-8,12-16H2,1-4H3,(H,26,28)(H,30,31). The van der Waals surface area contributed by atoms with Crippen LogP contribution in [0.25, 0.3) is 0 Å². The molecule has 6 nitrogen and oxygen atoms in total. The maximum atomic E-state index is 13.0. The molecule has 0 amide bonds. The van der Waals surface area contributed by atoms with E-state index in [-0.39, 0.29) is 13.0 Å². The Morgan fingerprint density at radius 1 is 1.26 bits per heavy atom. The third-order valence-electron chi connectivity index (χ3n) is 5.11. The molecule has 0 fully saturated rings. The van der Waals surface area contributed by atoms with Crippen molar-refractivity contribution in [3.05, 3.63) is 35.0 Å². The van der Waals surface area contributed by atoms with E-state index in [0.29, 0.717) is 19.6 Å². The minimum Gasteiger partial charge on any atom is -0.480 e. The van der Waals surface area contributed by atoms with Crippen LogP contribution in [0.15, 0.2) is 23.8 Å². The van der Waals surface area contributed by atoms with Crippen molar-refractivity contribution in [3.63, 3.8) is 0 Å². The highest BCUT2D eigenvalue weighted by molar-refractivity contribution is 5.73. The topological polar surface area (TPSA) is 77.5 Å². The van der Waals surface area contributed by atoms with Gasteiger partial charge in [0.2, 0.25) is 0 Å². The van der Waals surface area contributed by atoms with Crippen molar-refractivity contribution in [2.45, 2.75) is 65.3 Å². The average Bonchev–Trinajstić information content (AvgIpc) is 2.72. The van der Waals surface area contributed by atoms with E-state index in [4.69, 9.17) is 0 Å². The zero-order valence-corrected chi connectivity index (χ0v) is 19.3. The predicted molar refractivity (Wildman–Crippen MR) is 122 cm³/mol. The summed E-state index contributed by atoms with van der Waals surface area (Å²) in [4.78, 5) is 17.7. The van der Waals surface area contributed by atoms with E-state index in [9.17, 15) is 18.7 Å². The van der Waals surface area contributed by atoms with Crippen LogP contribution in [-0.2, 0) is 17.6 Å². The molecular weight excluding hydrogens is 402 g/mol. The summed E-state index contributed by atoms with van der Waals surface area (Å²) < 4.78 is 26.0. The third kappa shape index (κ3) is 11.2. The molecule has 31 heavy (non-hydrogen) atoms. The second-order valence-electron chi connectivity index (χ2n) is 7.93. The Morgan fingerprint density at radius 3 is 2.58 bits per heavy atom. The van der Waals surface area contributed by atoms with Gasteiger partial charge in [0, 0.05) is 25.8 Å². The number of carbonyl (C=O) groups is 1. The quantitative estimate of drug-likeness (QED) is 0.267. The number of nitrogens with zero attached hydrogens (tertiary/aromatic N) is 2. The number of hydrogen-bond acceptors (Lipinski definition) is 5. The van der Waals surface area contributed by atoms with Gasteiger partial charge in [0.15, 0.2) is 0 Å². The maximum absolute atomic E-state index is 13.0. The fourth-order valence-corrected chi connectivity index (χ4v) is 3.33. The van der Waals surface area contributed by atoms with Gasteiger partial charge in [-0.25, -0.2) is 13.8 Å². The summed E-state index contributed by atoms with van der Waals surface area (Å²) >= 11 is 0. The SMILES string of the molecule is CCc1ccc(CCCCN(CCC(NCC=C(C)C)C(=O)O)CC(F)F)nc1NC. The summed E-state index contributed by atoms with van der Waals surface area (Å²) in [5.74, 6) is -0.0688. The number of allylic oxidation sites excluding steroid dienone is 1. The number of aliphatic carboxylic acids is 1. The summed E-state index contributed by atoms with van der Waals surface area (Å²) in [5.41, 5.74) is 3.24. The van der Waals surface area contributed by atoms with E-state index in [1.165, 1.54) is 5.56 Å². The van der Waals surface area contributed by atoms with Crippen molar-refractivity contribution in [3.8, 4) is 0 Å². The Balaban J connectivity index is 2.52. The minimum absolute atomic E-state index is 0.282. The van der Waals surface area contributed by atoms with Crippen molar-refractivity contribution in [2.75, 3.05) is 38.5 Å². The van der Waals surface area contributed by atoms with E-state index < -0.39 is 18.4 Å². The van der Waals surface area contributed by atoms with E-state index in [1.54, 1.807) is 4.90 Å². The lowest BCUT2D eigenvalue weighted by atomic mass is 10.1. The second kappa shape index (κ2) is 14.9. The third-order valence-corrected chi connectivity index (χ3v) is 5.11. The second-order valence-corrected chi connectivity index (χ2v) is 7.93. The lowest BCUT2D eigenvalue weighted by molar-refractivity contribution is -0.139. The Hall–Kier alpha value is -2.06.